The van der Waals surface area contributed by atoms with E-state index in [1.165, 1.54) is 19.3 Å². The number of hydrogen-bond acceptors (Lipinski definition) is 4. The molecule has 0 aromatic rings. The van der Waals surface area contributed by atoms with Crippen molar-refractivity contribution in [3.8, 4) is 0 Å². The van der Waals surface area contributed by atoms with E-state index in [-0.39, 0.29) is 17.9 Å². The van der Waals surface area contributed by atoms with Crippen LogP contribution >= 0.6 is 0 Å². The zero-order valence-corrected chi connectivity index (χ0v) is 14.5. The third-order valence-electron chi connectivity index (χ3n) is 6.00. The Hall–Kier alpha value is -1.14. The molecular formula is C18H29NO5. The normalized spacial score (nSPS) is 32.4. The van der Waals surface area contributed by atoms with E-state index >= 15 is 0 Å². The lowest BCUT2D eigenvalue weighted by Crippen LogP contribution is -2.46. The molecule has 0 aromatic heterocycles. The fourth-order valence-electron chi connectivity index (χ4n) is 4.43. The number of carboxylic acids is 1. The lowest BCUT2D eigenvalue weighted by atomic mass is 9.74. The molecule has 1 amide bonds. The first-order chi connectivity index (χ1) is 11.6. The fourth-order valence-corrected chi connectivity index (χ4v) is 4.43. The Labute approximate surface area is 143 Å². The second kappa shape index (κ2) is 7.40. The van der Waals surface area contributed by atoms with E-state index in [1.807, 2.05) is 6.92 Å². The minimum absolute atomic E-state index is 0.0434. The number of nitrogens with zero attached hydrogens (tertiary/aromatic N) is 1. The van der Waals surface area contributed by atoms with Crippen LogP contribution in [0.1, 0.15) is 51.9 Å². The van der Waals surface area contributed by atoms with Gasteiger partial charge in [-0.05, 0) is 25.7 Å². The van der Waals surface area contributed by atoms with Gasteiger partial charge in [-0.1, -0.05) is 26.2 Å². The Balaban J connectivity index is 1.66. The Bertz CT molecular complexity index is 476. The number of hydrogen-bond donors (Lipinski definition) is 1. The van der Waals surface area contributed by atoms with Gasteiger partial charge in [-0.15, -0.1) is 0 Å². The van der Waals surface area contributed by atoms with Crippen molar-refractivity contribution in [1.29, 1.82) is 0 Å². The van der Waals surface area contributed by atoms with Gasteiger partial charge in [-0.3, -0.25) is 9.59 Å². The first-order valence-corrected chi connectivity index (χ1v) is 9.32. The second-order valence-corrected chi connectivity index (χ2v) is 7.49. The molecule has 1 unspecified atom stereocenters. The van der Waals surface area contributed by atoms with Crippen LogP contribution in [0.25, 0.3) is 0 Å². The number of carbonyl (C=O) groups is 2. The molecule has 3 aliphatic rings. The zero-order valence-electron chi connectivity index (χ0n) is 14.5. The van der Waals surface area contributed by atoms with E-state index in [4.69, 9.17) is 9.47 Å². The smallest absolute Gasteiger partial charge is 0.311 e. The molecule has 6 nitrogen and oxygen atoms in total. The highest BCUT2D eigenvalue weighted by Gasteiger charge is 2.55. The van der Waals surface area contributed by atoms with Gasteiger partial charge in [0, 0.05) is 25.6 Å². The predicted molar refractivity (Wildman–Crippen MR) is 87.6 cm³/mol. The summed E-state index contributed by atoms with van der Waals surface area (Å²) >= 11 is 0. The molecule has 3 rings (SSSR count). The summed E-state index contributed by atoms with van der Waals surface area (Å²) in [5.74, 6) is -0.953. The van der Waals surface area contributed by atoms with E-state index < -0.39 is 17.5 Å². The minimum Gasteiger partial charge on any atom is -0.481 e. The Morgan fingerprint density at radius 2 is 2.08 bits per heavy atom. The molecule has 2 saturated heterocycles. The van der Waals surface area contributed by atoms with E-state index in [0.717, 1.165) is 12.8 Å². The number of rotatable bonds is 5. The highest BCUT2D eigenvalue weighted by Crippen LogP contribution is 2.42. The van der Waals surface area contributed by atoms with E-state index in [0.29, 0.717) is 39.1 Å². The molecule has 1 N–H and O–H groups in total. The van der Waals surface area contributed by atoms with E-state index in [9.17, 15) is 14.7 Å². The number of carbonyl (C=O) groups excluding carboxylic acids is 1. The quantitative estimate of drug-likeness (QED) is 0.830. The molecule has 2 aliphatic heterocycles. The van der Waals surface area contributed by atoms with Crippen molar-refractivity contribution in [2.24, 2.45) is 11.3 Å². The third kappa shape index (κ3) is 3.31. The standard InChI is InChI=1S/C18H29NO5/c1-2-15(24-14-6-4-3-5-7-14)16(20)19-10-13-11-23-9-8-18(13,12-19)17(21)22/h13-15H,2-12H2,1H3,(H,21,22)/t13-,15?,18+/m0/s1. The summed E-state index contributed by atoms with van der Waals surface area (Å²) in [5.41, 5.74) is -0.836. The topological polar surface area (TPSA) is 76.1 Å². The lowest BCUT2D eigenvalue weighted by molar-refractivity contribution is -0.158. The average molecular weight is 339 g/mol. The van der Waals surface area contributed by atoms with Crippen LogP contribution in [0.4, 0.5) is 0 Å². The highest BCUT2D eigenvalue weighted by molar-refractivity contribution is 5.84. The monoisotopic (exact) mass is 339 g/mol. The van der Waals surface area contributed by atoms with Gasteiger partial charge in [-0.2, -0.15) is 0 Å². The van der Waals surface area contributed by atoms with Crippen LogP contribution in [-0.4, -0.2) is 60.4 Å². The average Bonchev–Trinajstić information content (AvgIpc) is 3.01. The Morgan fingerprint density at radius 3 is 2.71 bits per heavy atom. The first kappa shape index (κ1) is 17.7. The predicted octanol–water partition coefficient (Wildman–Crippen LogP) is 2.06. The van der Waals surface area contributed by atoms with Crippen molar-refractivity contribution in [3.63, 3.8) is 0 Å². The number of aliphatic carboxylic acids is 1. The van der Waals surface area contributed by atoms with Crippen molar-refractivity contribution < 1.29 is 24.2 Å². The molecule has 3 atom stereocenters. The van der Waals surface area contributed by atoms with Crippen molar-refractivity contribution >= 4 is 11.9 Å². The maximum atomic E-state index is 12.9. The molecule has 0 radical (unpaired) electrons. The second-order valence-electron chi connectivity index (χ2n) is 7.49. The Kier molecular flexibility index (Phi) is 5.45. The third-order valence-corrected chi connectivity index (χ3v) is 6.00. The molecular weight excluding hydrogens is 310 g/mol. The van der Waals surface area contributed by atoms with Crippen molar-refractivity contribution in [1.82, 2.24) is 4.90 Å². The number of likely N-dealkylation sites (tertiary alicyclic amines) is 1. The van der Waals surface area contributed by atoms with Gasteiger partial charge in [0.15, 0.2) is 0 Å². The van der Waals surface area contributed by atoms with Crippen molar-refractivity contribution in [2.45, 2.75) is 64.1 Å². The summed E-state index contributed by atoms with van der Waals surface area (Å²) in [4.78, 5) is 26.5. The van der Waals surface area contributed by atoms with Crippen LogP contribution in [0.5, 0.6) is 0 Å². The fraction of sp³-hybridized carbons (Fsp3) is 0.889. The van der Waals surface area contributed by atoms with Gasteiger partial charge in [0.25, 0.3) is 5.91 Å². The van der Waals surface area contributed by atoms with Crippen molar-refractivity contribution in [2.75, 3.05) is 26.3 Å². The molecule has 6 heteroatoms. The molecule has 1 saturated carbocycles. The summed E-state index contributed by atoms with van der Waals surface area (Å²) in [5, 5.41) is 9.73. The molecule has 1 aliphatic carbocycles. The summed E-state index contributed by atoms with van der Waals surface area (Å²) < 4.78 is 11.6. The highest BCUT2D eigenvalue weighted by atomic mass is 16.5. The van der Waals surface area contributed by atoms with Gasteiger partial charge in [0.1, 0.15) is 6.10 Å². The molecule has 136 valence electrons. The van der Waals surface area contributed by atoms with Crippen LogP contribution in [0.3, 0.4) is 0 Å². The van der Waals surface area contributed by atoms with Crippen LogP contribution < -0.4 is 0 Å². The molecule has 2 heterocycles. The molecule has 0 aromatic carbocycles. The van der Waals surface area contributed by atoms with Crippen molar-refractivity contribution in [3.05, 3.63) is 0 Å². The number of carboxylic acid groups (broad SMARTS) is 1. The molecule has 0 bridgehead atoms. The molecule has 0 spiro atoms. The Morgan fingerprint density at radius 1 is 1.33 bits per heavy atom. The summed E-state index contributed by atoms with van der Waals surface area (Å²) in [6, 6.07) is 0. The lowest BCUT2D eigenvalue weighted by Gasteiger charge is -2.34. The van der Waals surface area contributed by atoms with E-state index in [2.05, 4.69) is 0 Å². The number of ether oxygens (including phenoxy) is 2. The minimum atomic E-state index is -0.836. The number of amides is 1. The summed E-state index contributed by atoms with van der Waals surface area (Å²) in [7, 11) is 0. The van der Waals surface area contributed by atoms with Crippen LogP contribution in [0.2, 0.25) is 0 Å². The van der Waals surface area contributed by atoms with Gasteiger partial charge < -0.3 is 19.5 Å². The van der Waals surface area contributed by atoms with Crippen LogP contribution in [0, 0.1) is 11.3 Å². The SMILES string of the molecule is CCC(OC1CCCCC1)C(=O)N1C[C@H]2COCC[C@@]2(C(=O)O)C1. The van der Waals surface area contributed by atoms with Gasteiger partial charge in [-0.25, -0.2) is 0 Å². The van der Waals surface area contributed by atoms with Gasteiger partial charge in [0.05, 0.1) is 18.1 Å². The summed E-state index contributed by atoms with van der Waals surface area (Å²) in [6.07, 6.45) is 6.48. The largest absolute Gasteiger partial charge is 0.481 e. The maximum Gasteiger partial charge on any atom is 0.311 e. The van der Waals surface area contributed by atoms with Crippen LogP contribution in [0.15, 0.2) is 0 Å². The summed E-state index contributed by atoms with van der Waals surface area (Å²) in [6.45, 7) is 3.61. The van der Waals surface area contributed by atoms with Crippen LogP contribution in [-0.2, 0) is 19.1 Å². The molecule has 24 heavy (non-hydrogen) atoms. The zero-order chi connectivity index (χ0) is 17.2. The van der Waals surface area contributed by atoms with Gasteiger partial charge >= 0.3 is 5.97 Å². The first-order valence-electron chi connectivity index (χ1n) is 9.32. The molecule has 3 fully saturated rings. The number of fused-ring (bicyclic) bond motifs is 1. The maximum absolute atomic E-state index is 12.9. The van der Waals surface area contributed by atoms with E-state index in [1.54, 1.807) is 4.90 Å². The van der Waals surface area contributed by atoms with Gasteiger partial charge in [0.2, 0.25) is 0 Å².